The Kier molecular flexibility index (Phi) is 26.9. The number of allylic oxidation sites excluding steroid dienone is 4. The number of hydrogen-bond donors (Lipinski definition) is 2. The highest BCUT2D eigenvalue weighted by molar-refractivity contribution is 7.92. The van der Waals surface area contributed by atoms with Crippen molar-refractivity contribution in [3.63, 3.8) is 0 Å². The number of sulfonamides is 2. The molecule has 0 unspecified atom stereocenters. The summed E-state index contributed by atoms with van der Waals surface area (Å²) in [5.41, 5.74) is -2.69. The number of alkyl halides is 4. The normalized spacial score (nSPS) is 29.5. The van der Waals surface area contributed by atoms with E-state index in [2.05, 4.69) is 33.3 Å². The fourth-order valence-corrected chi connectivity index (χ4v) is 19.6. The van der Waals surface area contributed by atoms with Gasteiger partial charge in [0, 0.05) is 69.4 Å². The maximum atomic E-state index is 14.8. The fourth-order valence-electron chi connectivity index (χ4n) is 16.5. The number of esters is 2. The number of nitrogens with zero attached hydrogens (tertiary/aromatic N) is 4. The van der Waals surface area contributed by atoms with Gasteiger partial charge in [0.25, 0.3) is 12.9 Å². The van der Waals surface area contributed by atoms with E-state index in [9.17, 15) is 72.8 Å². The number of Topliss-reactive ketones (excluding diaryl/α,β-unsaturated/α-hetero) is 2. The third-order valence-corrected chi connectivity index (χ3v) is 28.9. The van der Waals surface area contributed by atoms with Crippen molar-refractivity contribution in [2.75, 3.05) is 26.3 Å². The largest absolute Gasteiger partial charge is 0.472 e. The topological polar surface area (TPSA) is 317 Å². The standard InChI is InChI=1S/2C41H52ClF2N3O9S/c2*1-23(2)55-36(49)18-29-25(4)15-24(3)9-6-7-10-26-19-41(26,39(51)46-57(52,53)40(5)13-14-40)20-33(48)32-16-27(21-47(32)38(29)50)56-37-28-11-8-12-31(42)30(28)17-35(45-37)54-22-34(43)44/h2*7-8,10-12,17,23-27,29,32,34H,6,9,13-16,18-22H2,1-5H3,(H,46,51)/b2*10-7-/t24-,25+,26+,27+,29-,32-,41+;24-,25-,26-,27-,29+,32+,41-/m01/s1. The lowest BCUT2D eigenvalue weighted by atomic mass is 9.82. The van der Waals surface area contributed by atoms with E-state index in [4.69, 9.17) is 51.6 Å². The minimum atomic E-state index is -4.01. The molecule has 114 heavy (non-hydrogen) atoms. The lowest BCUT2D eigenvalue weighted by Gasteiger charge is -2.32. The molecule has 4 aliphatic carbocycles. The van der Waals surface area contributed by atoms with Gasteiger partial charge < -0.3 is 38.2 Å². The van der Waals surface area contributed by atoms with Crippen LogP contribution in [-0.4, -0.2) is 169 Å². The van der Waals surface area contributed by atoms with Gasteiger partial charge >= 0.3 is 11.9 Å². The quantitative estimate of drug-likeness (QED) is 0.0419. The number of hydrogen-bond acceptors (Lipinski definition) is 20. The number of ether oxygens (including phenoxy) is 6. The molecule has 2 aromatic carbocycles. The van der Waals surface area contributed by atoms with E-state index in [1.54, 1.807) is 77.9 Å². The SMILES string of the molecule is CC(C)OC(=O)C[C@@H]1C(=O)N2C[C@H](Oc3nc(OCC(F)F)cc4c(Cl)cccc34)C[C@H]2C(=O)C[C@]2(C(=O)NS(=O)(=O)C3(C)CC3)C[C@H]2/C=C\CC[C@@H](C)C[C@H]1C.CC(C)OC(=O)C[C@@H]1C(=O)N2C[C@H](Oc3nc(OCC(F)F)cc4c(Cl)cccc34)C[C@H]2C(=O)C[C@]2(C(=O)NS(=O)(=O)C3(C)CC3)C[C@H]2/C=C\CC[C@H](C)C[C@H]1C. The second kappa shape index (κ2) is 35.2. The highest BCUT2D eigenvalue weighted by atomic mass is 35.5. The first-order valence-electron chi connectivity index (χ1n) is 39.5. The Morgan fingerprint density at radius 1 is 0.561 bits per heavy atom. The molecule has 8 aliphatic rings. The predicted octanol–water partition coefficient (Wildman–Crippen LogP) is 13.6. The van der Waals surface area contributed by atoms with Crippen LogP contribution in [0.25, 0.3) is 21.5 Å². The number of ketones is 2. The van der Waals surface area contributed by atoms with Gasteiger partial charge in [-0.3, -0.25) is 47.8 Å². The minimum Gasteiger partial charge on any atom is -0.472 e. The Labute approximate surface area is 673 Å². The van der Waals surface area contributed by atoms with E-state index in [0.29, 0.717) is 83.0 Å². The highest BCUT2D eigenvalue weighted by Crippen LogP contribution is 2.59. The van der Waals surface area contributed by atoms with Crippen LogP contribution in [0.2, 0.25) is 10.0 Å². The summed E-state index contributed by atoms with van der Waals surface area (Å²) in [6, 6.07) is 10.6. The van der Waals surface area contributed by atoms with Crippen LogP contribution in [0.3, 0.4) is 0 Å². The molecule has 2 saturated heterocycles. The smallest absolute Gasteiger partial charge is 0.306 e. The zero-order valence-corrected chi connectivity index (χ0v) is 69.1. The summed E-state index contributed by atoms with van der Waals surface area (Å²) in [4.78, 5) is 125. The van der Waals surface area contributed by atoms with Crippen molar-refractivity contribution in [1.29, 1.82) is 0 Å². The van der Waals surface area contributed by atoms with Gasteiger partial charge in [-0.1, -0.05) is 87.3 Å². The van der Waals surface area contributed by atoms with Gasteiger partial charge in [0.05, 0.1) is 82.4 Å². The van der Waals surface area contributed by atoms with Crippen molar-refractivity contribution in [2.24, 2.45) is 58.2 Å². The molecular weight excluding hydrogens is 1570 g/mol. The van der Waals surface area contributed by atoms with E-state index >= 15 is 0 Å². The Morgan fingerprint density at radius 2 is 0.930 bits per heavy atom. The maximum absolute atomic E-state index is 14.8. The maximum Gasteiger partial charge on any atom is 0.306 e. The predicted molar refractivity (Wildman–Crippen MR) is 417 cm³/mol. The number of fused-ring (bicyclic) bond motifs is 6. The third kappa shape index (κ3) is 20.3. The molecule has 12 rings (SSSR count). The number of rotatable bonds is 22. The minimum absolute atomic E-state index is 0.00632. The number of benzene rings is 2. The zero-order valence-electron chi connectivity index (χ0n) is 65.9. The summed E-state index contributed by atoms with van der Waals surface area (Å²) in [5.74, 6) is -7.46. The molecule has 6 heterocycles. The summed E-state index contributed by atoms with van der Waals surface area (Å²) in [7, 11) is -8.01. The molecule has 0 bridgehead atoms. The van der Waals surface area contributed by atoms with E-state index in [1.165, 1.54) is 21.9 Å². The van der Waals surface area contributed by atoms with Crippen LogP contribution in [0.15, 0.2) is 72.8 Å². The van der Waals surface area contributed by atoms with E-state index in [-0.39, 0.29) is 112 Å². The molecular formula is C82H104Cl2F4N6O18S2. The molecule has 2 N–H and O–H groups in total. The average Bonchev–Trinajstić information content (AvgIpc) is 1.53. The van der Waals surface area contributed by atoms with E-state index in [0.717, 1.165) is 12.8 Å². The Bertz CT molecular complexity index is 4340. The van der Waals surface area contributed by atoms with Crippen LogP contribution in [0.1, 0.15) is 185 Å². The second-order valence-electron chi connectivity index (χ2n) is 33.9. The zero-order chi connectivity index (χ0) is 82.9. The summed E-state index contributed by atoms with van der Waals surface area (Å²) in [6.45, 7) is 16.0. The molecule has 4 saturated carbocycles. The molecule has 24 nitrogen and oxygen atoms in total. The second-order valence-corrected chi connectivity index (χ2v) is 39.1. The molecule has 4 aliphatic heterocycles. The number of aromatic nitrogens is 2. The Hall–Kier alpha value is -7.70. The molecule has 624 valence electrons. The van der Waals surface area contributed by atoms with Crippen LogP contribution >= 0.6 is 23.2 Å². The summed E-state index contributed by atoms with van der Waals surface area (Å²) in [6.07, 6.45) is 4.83. The molecule has 4 amide bonds. The first-order valence-corrected chi connectivity index (χ1v) is 43.2. The summed E-state index contributed by atoms with van der Waals surface area (Å²) in [5, 5.41) is 2.32. The Morgan fingerprint density at radius 3 is 1.27 bits per heavy atom. The molecule has 0 spiro atoms. The van der Waals surface area contributed by atoms with Crippen molar-refractivity contribution in [2.45, 2.75) is 244 Å². The number of halogens is 6. The molecule has 32 heteroatoms. The van der Waals surface area contributed by atoms with Gasteiger partial charge in [-0.15, -0.1) is 0 Å². The van der Waals surface area contributed by atoms with Crippen LogP contribution in [-0.2, 0) is 67.9 Å². The number of pyridine rings is 2. The summed E-state index contributed by atoms with van der Waals surface area (Å²) < 4.78 is 142. The van der Waals surface area contributed by atoms with Crippen molar-refractivity contribution < 1.29 is 101 Å². The first-order chi connectivity index (χ1) is 53.6. The average molecular weight is 1670 g/mol. The van der Waals surface area contributed by atoms with Gasteiger partial charge in [0.2, 0.25) is 67.2 Å². The van der Waals surface area contributed by atoms with Gasteiger partial charge in [-0.2, -0.15) is 9.97 Å². The monoisotopic (exact) mass is 1670 g/mol. The van der Waals surface area contributed by atoms with Gasteiger partial charge in [0.15, 0.2) is 24.8 Å². The third-order valence-electron chi connectivity index (χ3n) is 23.9. The number of carbonyl (C=O) groups is 8. The van der Waals surface area contributed by atoms with Gasteiger partial charge in [-0.25, -0.2) is 34.4 Å². The van der Waals surface area contributed by atoms with E-state index < -0.39 is 174 Å². The molecule has 0 radical (unpaired) electrons. The summed E-state index contributed by atoms with van der Waals surface area (Å²) >= 11 is 13.0. The number of carbonyl (C=O) groups excluding carboxylic acids is 8. The Balaban J connectivity index is 0.000000225. The lowest BCUT2D eigenvalue weighted by Crippen LogP contribution is -2.48. The van der Waals surface area contributed by atoms with Crippen molar-refractivity contribution >= 4 is 112 Å². The first kappa shape index (κ1) is 87.1. The number of amides is 4. The van der Waals surface area contributed by atoms with Gasteiger partial charge in [-0.05, 0) is 178 Å². The molecule has 14 atom stereocenters. The molecule has 2 aromatic heterocycles. The number of nitrogens with one attached hydrogen (secondary N) is 2. The van der Waals surface area contributed by atoms with Crippen LogP contribution < -0.4 is 28.4 Å². The molecule has 6 fully saturated rings. The fraction of sp³-hybridized carbons (Fsp3) is 0.634. The van der Waals surface area contributed by atoms with Crippen molar-refractivity contribution in [1.82, 2.24) is 29.2 Å². The highest BCUT2D eigenvalue weighted by Gasteiger charge is 2.65. The van der Waals surface area contributed by atoms with Crippen LogP contribution in [0, 0.1) is 58.2 Å². The molecule has 4 aromatic rings. The van der Waals surface area contributed by atoms with Crippen molar-refractivity contribution in [3.8, 4) is 23.5 Å². The van der Waals surface area contributed by atoms with Gasteiger partial charge in [0.1, 0.15) is 12.2 Å². The van der Waals surface area contributed by atoms with Crippen molar-refractivity contribution in [3.05, 3.63) is 82.9 Å². The van der Waals surface area contributed by atoms with Crippen LogP contribution in [0.5, 0.6) is 23.5 Å². The van der Waals surface area contributed by atoms with E-state index in [1.807, 2.05) is 38.2 Å². The van der Waals surface area contributed by atoms with Crippen LogP contribution in [0.4, 0.5) is 17.6 Å². The lowest BCUT2D eigenvalue weighted by molar-refractivity contribution is -0.154.